The quantitative estimate of drug-likeness (QED) is 0.825. The zero-order valence-electron chi connectivity index (χ0n) is 12.2. The predicted molar refractivity (Wildman–Crippen MR) is 77.9 cm³/mol. The topological polar surface area (TPSA) is 101 Å². The molecular weight excluding hydrogens is 294 g/mol. The van der Waals surface area contributed by atoms with Gasteiger partial charge in [-0.2, -0.15) is 0 Å². The Morgan fingerprint density at radius 1 is 1.24 bits per heavy atom. The molecule has 21 heavy (non-hydrogen) atoms. The molecule has 1 rings (SSSR count). The number of hydrogen-bond acceptors (Lipinski definition) is 4. The van der Waals surface area contributed by atoms with Gasteiger partial charge in [-0.25, -0.2) is 8.42 Å². The highest BCUT2D eigenvalue weighted by molar-refractivity contribution is 7.91. The number of aliphatic carboxylic acids is 1. The van der Waals surface area contributed by atoms with Crippen LogP contribution in [0.15, 0.2) is 29.2 Å². The van der Waals surface area contributed by atoms with Gasteiger partial charge in [0.1, 0.15) is 0 Å². The molecule has 6 nitrogen and oxygen atoms in total. The maximum atomic E-state index is 12.1. The molecule has 1 aromatic rings. The van der Waals surface area contributed by atoms with Crippen molar-refractivity contribution >= 4 is 21.7 Å². The average Bonchev–Trinajstić information content (AvgIpc) is 2.44. The van der Waals surface area contributed by atoms with E-state index in [9.17, 15) is 18.0 Å². The van der Waals surface area contributed by atoms with E-state index in [1.165, 1.54) is 32.9 Å². The molecule has 0 spiro atoms. The van der Waals surface area contributed by atoms with Crippen molar-refractivity contribution in [3.8, 4) is 0 Å². The van der Waals surface area contributed by atoms with Crippen LogP contribution in [0.4, 0.5) is 0 Å². The highest BCUT2D eigenvalue weighted by Crippen LogP contribution is 2.18. The van der Waals surface area contributed by atoms with E-state index in [2.05, 4.69) is 5.32 Å². The second kappa shape index (κ2) is 6.26. The minimum absolute atomic E-state index is 0.0283. The van der Waals surface area contributed by atoms with E-state index in [0.717, 1.165) is 0 Å². The lowest BCUT2D eigenvalue weighted by Crippen LogP contribution is -2.39. The fraction of sp³-hybridized carbons (Fsp3) is 0.429. The molecule has 7 heteroatoms. The molecule has 116 valence electrons. The van der Waals surface area contributed by atoms with Gasteiger partial charge in [-0.3, -0.25) is 9.59 Å². The van der Waals surface area contributed by atoms with E-state index in [1.54, 1.807) is 12.1 Å². The molecule has 0 aliphatic rings. The number of benzene rings is 1. The second-order valence-electron chi connectivity index (χ2n) is 5.27. The first-order chi connectivity index (χ1) is 9.62. The van der Waals surface area contributed by atoms with Gasteiger partial charge in [-0.05, 0) is 26.0 Å². The van der Waals surface area contributed by atoms with Crippen LogP contribution >= 0.6 is 0 Å². The van der Waals surface area contributed by atoms with E-state index < -0.39 is 27.1 Å². The van der Waals surface area contributed by atoms with Crippen molar-refractivity contribution in [3.63, 3.8) is 0 Å². The molecule has 0 aliphatic heterocycles. The molecule has 0 heterocycles. The number of sulfone groups is 1. The van der Waals surface area contributed by atoms with Gasteiger partial charge in [0.05, 0.1) is 21.6 Å². The maximum Gasteiger partial charge on any atom is 0.310 e. The predicted octanol–water partition coefficient (Wildman–Crippen LogP) is 1.32. The highest BCUT2D eigenvalue weighted by atomic mass is 32.2. The number of rotatable bonds is 6. The van der Waals surface area contributed by atoms with E-state index >= 15 is 0 Å². The Balaban J connectivity index is 3.03. The van der Waals surface area contributed by atoms with Gasteiger partial charge in [0.25, 0.3) is 5.91 Å². The molecule has 1 amide bonds. The summed E-state index contributed by atoms with van der Waals surface area (Å²) in [5.41, 5.74) is -1.10. The second-order valence-corrected chi connectivity index (χ2v) is 7.52. The molecule has 1 aromatic carbocycles. The largest absolute Gasteiger partial charge is 0.481 e. The Kier molecular flexibility index (Phi) is 5.11. The molecule has 2 N–H and O–H groups in total. The summed E-state index contributed by atoms with van der Waals surface area (Å²) >= 11 is 0. The lowest BCUT2D eigenvalue weighted by Gasteiger charge is -2.20. The van der Waals surface area contributed by atoms with Gasteiger partial charge in [0.15, 0.2) is 9.84 Å². The Bertz CT molecular complexity index is 649. The third-order valence-corrected chi connectivity index (χ3v) is 4.90. The zero-order chi connectivity index (χ0) is 16.3. The Morgan fingerprint density at radius 2 is 1.81 bits per heavy atom. The van der Waals surface area contributed by atoms with Crippen LogP contribution in [-0.4, -0.2) is 37.7 Å². The molecule has 0 aromatic heterocycles. The summed E-state index contributed by atoms with van der Waals surface area (Å²) in [5.74, 6) is -1.76. The Hall–Kier alpha value is -1.89. The smallest absolute Gasteiger partial charge is 0.310 e. The summed E-state index contributed by atoms with van der Waals surface area (Å²) < 4.78 is 23.9. The van der Waals surface area contributed by atoms with Crippen LogP contribution in [0.2, 0.25) is 0 Å². The van der Waals surface area contributed by atoms with E-state index in [1.807, 2.05) is 0 Å². The lowest BCUT2D eigenvalue weighted by molar-refractivity contribution is -0.146. The molecule has 0 fully saturated rings. The Labute approximate surface area is 124 Å². The van der Waals surface area contributed by atoms with Gasteiger partial charge in [0, 0.05) is 6.54 Å². The molecule has 0 unspecified atom stereocenters. The number of nitrogens with one attached hydrogen (secondary N) is 1. The van der Waals surface area contributed by atoms with E-state index in [4.69, 9.17) is 5.11 Å². The number of amides is 1. The molecule has 0 bridgehead atoms. The minimum atomic E-state index is -3.52. The standard InChI is InChI=1S/C14H19NO5S/c1-4-21(19,20)11-8-6-5-7-10(11)12(16)15-9-14(2,3)13(17)18/h5-8H,4,9H2,1-3H3,(H,15,16)(H,17,18). The first-order valence-corrected chi connectivity index (χ1v) is 8.10. The summed E-state index contributed by atoms with van der Waals surface area (Å²) in [6.07, 6.45) is 0. The molecule has 0 aliphatic carbocycles. The normalized spacial score (nSPS) is 12.0. The van der Waals surface area contributed by atoms with Crippen LogP contribution in [0, 0.1) is 5.41 Å². The minimum Gasteiger partial charge on any atom is -0.481 e. The van der Waals surface area contributed by atoms with Crippen LogP contribution in [0.3, 0.4) is 0 Å². The maximum absolute atomic E-state index is 12.1. The molecule has 0 atom stereocenters. The number of carbonyl (C=O) groups excluding carboxylic acids is 1. The van der Waals surface area contributed by atoms with Gasteiger partial charge < -0.3 is 10.4 Å². The number of carboxylic acid groups (broad SMARTS) is 1. The summed E-state index contributed by atoms with van der Waals surface area (Å²) in [5, 5.41) is 11.5. The van der Waals surface area contributed by atoms with Crippen molar-refractivity contribution in [2.45, 2.75) is 25.7 Å². The van der Waals surface area contributed by atoms with Crippen molar-refractivity contribution in [2.24, 2.45) is 5.41 Å². The van der Waals surface area contributed by atoms with Gasteiger partial charge in [0.2, 0.25) is 0 Å². The number of carboxylic acids is 1. The zero-order valence-corrected chi connectivity index (χ0v) is 13.0. The van der Waals surface area contributed by atoms with Crippen LogP contribution < -0.4 is 5.32 Å². The molecule has 0 saturated heterocycles. The number of hydrogen-bond donors (Lipinski definition) is 2. The van der Waals surface area contributed by atoms with E-state index in [0.29, 0.717) is 0 Å². The number of carbonyl (C=O) groups is 2. The van der Waals surface area contributed by atoms with Crippen molar-refractivity contribution < 1.29 is 23.1 Å². The van der Waals surface area contributed by atoms with Crippen molar-refractivity contribution in [3.05, 3.63) is 29.8 Å². The lowest BCUT2D eigenvalue weighted by atomic mass is 9.94. The monoisotopic (exact) mass is 313 g/mol. The van der Waals surface area contributed by atoms with Gasteiger partial charge >= 0.3 is 5.97 Å². The average molecular weight is 313 g/mol. The van der Waals surface area contributed by atoms with Gasteiger partial charge in [-0.1, -0.05) is 19.1 Å². The fourth-order valence-electron chi connectivity index (χ4n) is 1.55. The van der Waals surface area contributed by atoms with Crippen molar-refractivity contribution in [1.82, 2.24) is 5.32 Å². The van der Waals surface area contributed by atoms with Crippen LogP contribution in [-0.2, 0) is 14.6 Å². The summed E-state index contributed by atoms with van der Waals surface area (Å²) in [7, 11) is -3.52. The Morgan fingerprint density at radius 3 is 2.33 bits per heavy atom. The summed E-state index contributed by atoms with van der Waals surface area (Å²) in [6, 6.07) is 5.88. The highest BCUT2D eigenvalue weighted by Gasteiger charge is 2.28. The van der Waals surface area contributed by atoms with Crippen LogP contribution in [0.5, 0.6) is 0 Å². The fourth-order valence-corrected chi connectivity index (χ4v) is 2.65. The molecule has 0 radical (unpaired) electrons. The van der Waals surface area contributed by atoms with Crippen molar-refractivity contribution in [2.75, 3.05) is 12.3 Å². The SMILES string of the molecule is CCS(=O)(=O)c1ccccc1C(=O)NCC(C)(C)C(=O)O. The molecular formula is C14H19NO5S. The van der Waals surface area contributed by atoms with Crippen LogP contribution in [0.25, 0.3) is 0 Å². The third-order valence-electron chi connectivity index (χ3n) is 3.12. The first kappa shape index (κ1) is 17.2. The van der Waals surface area contributed by atoms with E-state index in [-0.39, 0.29) is 22.8 Å². The van der Waals surface area contributed by atoms with Crippen LogP contribution in [0.1, 0.15) is 31.1 Å². The van der Waals surface area contributed by atoms with Gasteiger partial charge in [-0.15, -0.1) is 0 Å². The first-order valence-electron chi connectivity index (χ1n) is 6.45. The summed E-state index contributed by atoms with van der Waals surface area (Å²) in [6.45, 7) is 4.35. The molecule has 0 saturated carbocycles. The summed E-state index contributed by atoms with van der Waals surface area (Å²) in [4.78, 5) is 23.1. The third kappa shape index (κ3) is 4.04. The van der Waals surface area contributed by atoms with Crippen molar-refractivity contribution in [1.29, 1.82) is 0 Å².